The van der Waals surface area contributed by atoms with E-state index in [1.807, 2.05) is 6.92 Å². The topological polar surface area (TPSA) is 66.6 Å². The summed E-state index contributed by atoms with van der Waals surface area (Å²) in [4.78, 5) is 12.9. The first-order valence-electron chi connectivity index (χ1n) is 6.46. The Morgan fingerprint density at radius 1 is 1.42 bits per heavy atom. The molecule has 112 valence electrons. The lowest BCUT2D eigenvalue weighted by atomic mass is 9.77. The highest BCUT2D eigenvalue weighted by atomic mass is 19.4. The second-order valence-corrected chi connectivity index (χ2v) is 5.26. The number of hydrogen-bond acceptors (Lipinski definition) is 3. The lowest BCUT2D eigenvalue weighted by Gasteiger charge is -2.35. The molecule has 0 aromatic carbocycles. The van der Waals surface area contributed by atoms with E-state index in [0.29, 0.717) is 24.2 Å². The average molecular weight is 282 g/mol. The van der Waals surface area contributed by atoms with Crippen LogP contribution in [0.5, 0.6) is 0 Å². The maximum atomic E-state index is 12.4. The number of rotatable bonds is 4. The van der Waals surface area contributed by atoms with Crippen LogP contribution in [0.2, 0.25) is 0 Å². The van der Waals surface area contributed by atoms with Gasteiger partial charge in [0, 0.05) is 18.5 Å². The van der Waals surface area contributed by atoms with E-state index in [-0.39, 0.29) is 18.5 Å². The van der Waals surface area contributed by atoms with Crippen molar-refractivity contribution in [1.29, 1.82) is 0 Å². The van der Waals surface area contributed by atoms with Gasteiger partial charge in [0.15, 0.2) is 0 Å². The van der Waals surface area contributed by atoms with Crippen molar-refractivity contribution in [1.82, 2.24) is 4.90 Å². The van der Waals surface area contributed by atoms with Gasteiger partial charge in [-0.25, -0.2) is 0 Å². The third-order valence-electron chi connectivity index (χ3n) is 3.58. The van der Waals surface area contributed by atoms with Gasteiger partial charge >= 0.3 is 6.18 Å². The fraction of sp³-hybridized carbons (Fsp3) is 0.917. The van der Waals surface area contributed by atoms with Crippen molar-refractivity contribution >= 4 is 5.91 Å². The Bertz CT molecular complexity index is 310. The van der Waals surface area contributed by atoms with E-state index in [0.717, 1.165) is 0 Å². The molecule has 1 aliphatic rings. The van der Waals surface area contributed by atoms with Crippen molar-refractivity contribution in [3.05, 3.63) is 0 Å². The molecule has 3 unspecified atom stereocenters. The summed E-state index contributed by atoms with van der Waals surface area (Å²) < 4.78 is 37.3. The molecule has 0 radical (unpaired) electrons. The van der Waals surface area contributed by atoms with Gasteiger partial charge in [-0.2, -0.15) is 13.2 Å². The Morgan fingerprint density at radius 3 is 2.53 bits per heavy atom. The predicted octanol–water partition coefficient (Wildman–Crippen LogP) is 1.13. The molecule has 0 bridgehead atoms. The Labute approximate surface area is 110 Å². The number of carbonyl (C=O) groups is 1. The molecule has 0 heterocycles. The van der Waals surface area contributed by atoms with Crippen LogP contribution in [-0.2, 0) is 4.79 Å². The quantitative estimate of drug-likeness (QED) is 0.812. The van der Waals surface area contributed by atoms with Crippen molar-refractivity contribution in [2.75, 3.05) is 19.7 Å². The zero-order valence-electron chi connectivity index (χ0n) is 11.0. The number of nitrogens with two attached hydrogens (primary N) is 1. The van der Waals surface area contributed by atoms with Crippen LogP contribution in [0.1, 0.15) is 26.2 Å². The van der Waals surface area contributed by atoms with Gasteiger partial charge in [-0.3, -0.25) is 4.79 Å². The Kier molecular flexibility index (Phi) is 5.61. The minimum atomic E-state index is -4.45. The fourth-order valence-corrected chi connectivity index (χ4v) is 2.64. The van der Waals surface area contributed by atoms with E-state index in [4.69, 9.17) is 10.8 Å². The summed E-state index contributed by atoms with van der Waals surface area (Å²) in [7, 11) is 0. The van der Waals surface area contributed by atoms with Crippen molar-refractivity contribution in [2.24, 2.45) is 17.6 Å². The van der Waals surface area contributed by atoms with Crippen molar-refractivity contribution in [2.45, 2.75) is 38.4 Å². The summed E-state index contributed by atoms with van der Waals surface area (Å²) in [6, 6.07) is 0.0213. The van der Waals surface area contributed by atoms with Crippen molar-refractivity contribution in [3.8, 4) is 0 Å². The molecule has 0 aromatic heterocycles. The van der Waals surface area contributed by atoms with Gasteiger partial charge in [-0.1, -0.05) is 6.92 Å². The van der Waals surface area contributed by atoms with Gasteiger partial charge in [-0.15, -0.1) is 0 Å². The highest BCUT2D eigenvalue weighted by Crippen LogP contribution is 2.31. The lowest BCUT2D eigenvalue weighted by Crippen LogP contribution is -2.47. The van der Waals surface area contributed by atoms with Crippen molar-refractivity contribution < 1.29 is 23.1 Å². The minimum absolute atomic E-state index is 0.0213. The van der Waals surface area contributed by atoms with Crippen LogP contribution < -0.4 is 5.73 Å². The number of aliphatic hydroxyl groups excluding tert-OH is 1. The normalized spacial score (nSPS) is 28.2. The smallest absolute Gasteiger partial charge is 0.395 e. The van der Waals surface area contributed by atoms with E-state index >= 15 is 0 Å². The zero-order chi connectivity index (χ0) is 14.6. The van der Waals surface area contributed by atoms with Crippen LogP contribution >= 0.6 is 0 Å². The Morgan fingerprint density at radius 2 is 2.05 bits per heavy atom. The molecule has 0 saturated heterocycles. The van der Waals surface area contributed by atoms with E-state index in [1.54, 1.807) is 0 Å². The summed E-state index contributed by atoms with van der Waals surface area (Å²) in [6.45, 7) is -0.218. The molecular formula is C12H21F3N2O2. The molecule has 4 nitrogen and oxygen atoms in total. The van der Waals surface area contributed by atoms with Gasteiger partial charge in [0.2, 0.25) is 5.91 Å². The summed E-state index contributed by atoms with van der Waals surface area (Å²) >= 11 is 0. The van der Waals surface area contributed by atoms with Crippen LogP contribution in [0.3, 0.4) is 0 Å². The van der Waals surface area contributed by atoms with Crippen molar-refractivity contribution in [3.63, 3.8) is 0 Å². The predicted molar refractivity (Wildman–Crippen MR) is 64.2 cm³/mol. The molecule has 3 N–H and O–H groups in total. The third-order valence-corrected chi connectivity index (χ3v) is 3.58. The standard InChI is InChI=1S/C12H21F3N2O2/c1-8-6-9(16)2-3-10(8)11(19)17(4-5-18)7-12(13,14)15/h8-10,18H,2-7,16H2,1H3. The van der Waals surface area contributed by atoms with Gasteiger partial charge in [-0.05, 0) is 25.2 Å². The number of alkyl halides is 3. The maximum absolute atomic E-state index is 12.4. The molecule has 1 amide bonds. The first-order valence-corrected chi connectivity index (χ1v) is 6.46. The second-order valence-electron chi connectivity index (χ2n) is 5.26. The number of hydrogen-bond donors (Lipinski definition) is 2. The number of carbonyl (C=O) groups excluding carboxylic acids is 1. The Balaban J connectivity index is 2.70. The van der Waals surface area contributed by atoms with Gasteiger partial charge in [0.1, 0.15) is 6.54 Å². The zero-order valence-corrected chi connectivity index (χ0v) is 11.0. The number of nitrogens with zero attached hydrogens (tertiary/aromatic N) is 1. The largest absolute Gasteiger partial charge is 0.406 e. The van der Waals surface area contributed by atoms with Crippen LogP contribution in [0, 0.1) is 11.8 Å². The maximum Gasteiger partial charge on any atom is 0.406 e. The summed E-state index contributed by atoms with van der Waals surface area (Å²) in [5, 5.41) is 8.81. The molecule has 1 rings (SSSR count). The summed E-state index contributed by atoms with van der Waals surface area (Å²) in [5.74, 6) is -0.967. The first kappa shape index (κ1) is 16.2. The summed E-state index contributed by atoms with van der Waals surface area (Å²) in [6.07, 6.45) is -2.63. The molecule has 19 heavy (non-hydrogen) atoms. The molecular weight excluding hydrogens is 261 g/mol. The van der Waals surface area contributed by atoms with Crippen LogP contribution in [0.4, 0.5) is 13.2 Å². The minimum Gasteiger partial charge on any atom is -0.395 e. The molecule has 0 spiro atoms. The number of halogens is 3. The molecule has 0 aromatic rings. The van der Waals surface area contributed by atoms with E-state index in [9.17, 15) is 18.0 Å². The van der Waals surface area contributed by atoms with Crippen LogP contribution in [-0.4, -0.2) is 47.8 Å². The molecule has 1 aliphatic carbocycles. The molecule has 0 aliphatic heterocycles. The monoisotopic (exact) mass is 282 g/mol. The third kappa shape index (κ3) is 4.99. The second kappa shape index (κ2) is 6.56. The highest BCUT2D eigenvalue weighted by Gasteiger charge is 2.38. The molecule has 7 heteroatoms. The first-order chi connectivity index (χ1) is 8.74. The van der Waals surface area contributed by atoms with E-state index in [1.165, 1.54) is 0 Å². The van der Waals surface area contributed by atoms with E-state index < -0.39 is 31.2 Å². The molecule has 3 atom stereocenters. The van der Waals surface area contributed by atoms with E-state index in [2.05, 4.69) is 0 Å². The van der Waals surface area contributed by atoms with Gasteiger partial charge in [0.05, 0.1) is 6.61 Å². The average Bonchev–Trinajstić information content (AvgIpc) is 2.26. The fourth-order valence-electron chi connectivity index (χ4n) is 2.64. The van der Waals surface area contributed by atoms with Crippen LogP contribution in [0.15, 0.2) is 0 Å². The highest BCUT2D eigenvalue weighted by molar-refractivity contribution is 5.79. The van der Waals surface area contributed by atoms with Crippen LogP contribution in [0.25, 0.3) is 0 Å². The molecule has 1 fully saturated rings. The summed E-state index contributed by atoms with van der Waals surface area (Å²) in [5.41, 5.74) is 5.78. The molecule has 1 saturated carbocycles. The van der Waals surface area contributed by atoms with Gasteiger partial charge in [0.25, 0.3) is 0 Å². The Hall–Kier alpha value is -0.820. The number of amides is 1. The van der Waals surface area contributed by atoms with Gasteiger partial charge < -0.3 is 15.7 Å². The lowest BCUT2D eigenvalue weighted by molar-refractivity contribution is -0.166. The number of aliphatic hydroxyl groups is 1. The SMILES string of the molecule is CC1CC(N)CCC1C(=O)N(CCO)CC(F)(F)F.